The second kappa shape index (κ2) is 2.63. The number of rotatable bonds is 1. The van der Waals surface area contributed by atoms with Gasteiger partial charge in [-0.25, -0.2) is 4.98 Å². The molecule has 0 amide bonds. The first-order valence-corrected chi connectivity index (χ1v) is 3.94. The summed E-state index contributed by atoms with van der Waals surface area (Å²) in [5.74, 6) is 0.886. The first-order chi connectivity index (χ1) is 5.81. The van der Waals surface area contributed by atoms with Gasteiger partial charge in [0.25, 0.3) is 5.78 Å². The molecule has 5 nitrogen and oxygen atoms in total. The zero-order valence-corrected chi connectivity index (χ0v) is 6.94. The SMILES string of the molecule is Oc1cc(CS)nc2ncnn12. The first kappa shape index (κ1) is 7.35. The Labute approximate surface area is 73.5 Å². The average Bonchev–Trinajstić information content (AvgIpc) is 2.52. The molecule has 0 bridgehead atoms. The number of aromatic hydroxyl groups is 1. The summed E-state index contributed by atoms with van der Waals surface area (Å²) < 4.78 is 1.26. The summed E-state index contributed by atoms with van der Waals surface area (Å²) in [4.78, 5) is 7.90. The van der Waals surface area contributed by atoms with Gasteiger partial charge in [-0.1, -0.05) is 0 Å². The molecule has 2 aromatic heterocycles. The van der Waals surface area contributed by atoms with Crippen molar-refractivity contribution in [3.05, 3.63) is 18.1 Å². The lowest BCUT2D eigenvalue weighted by molar-refractivity contribution is 0.434. The van der Waals surface area contributed by atoms with Crippen molar-refractivity contribution in [1.29, 1.82) is 0 Å². The zero-order chi connectivity index (χ0) is 8.55. The van der Waals surface area contributed by atoms with E-state index in [2.05, 4.69) is 27.7 Å². The molecule has 12 heavy (non-hydrogen) atoms. The highest BCUT2D eigenvalue weighted by Crippen LogP contribution is 2.11. The van der Waals surface area contributed by atoms with Crippen molar-refractivity contribution < 1.29 is 5.11 Å². The molecule has 62 valence electrons. The van der Waals surface area contributed by atoms with Gasteiger partial charge < -0.3 is 5.11 Å². The van der Waals surface area contributed by atoms with Gasteiger partial charge in [0.05, 0.1) is 5.69 Å². The molecule has 0 aromatic carbocycles. The monoisotopic (exact) mass is 182 g/mol. The molecule has 0 fully saturated rings. The number of hydrogen-bond donors (Lipinski definition) is 2. The van der Waals surface area contributed by atoms with Crippen LogP contribution in [0.5, 0.6) is 5.88 Å². The molecule has 0 saturated carbocycles. The maximum Gasteiger partial charge on any atom is 0.255 e. The van der Waals surface area contributed by atoms with E-state index in [0.29, 0.717) is 17.2 Å². The van der Waals surface area contributed by atoms with E-state index in [1.807, 2.05) is 0 Å². The summed E-state index contributed by atoms with van der Waals surface area (Å²) >= 11 is 4.03. The van der Waals surface area contributed by atoms with Crippen LogP contribution in [0.4, 0.5) is 0 Å². The Balaban J connectivity index is 2.75. The predicted molar refractivity (Wildman–Crippen MR) is 45.1 cm³/mol. The number of fused-ring (bicyclic) bond motifs is 1. The molecular weight excluding hydrogens is 176 g/mol. The Morgan fingerprint density at radius 1 is 1.58 bits per heavy atom. The van der Waals surface area contributed by atoms with Crippen molar-refractivity contribution in [1.82, 2.24) is 19.6 Å². The van der Waals surface area contributed by atoms with Crippen molar-refractivity contribution in [2.75, 3.05) is 0 Å². The van der Waals surface area contributed by atoms with Gasteiger partial charge in [0.15, 0.2) is 0 Å². The van der Waals surface area contributed by atoms with Crippen molar-refractivity contribution in [2.24, 2.45) is 0 Å². The first-order valence-electron chi connectivity index (χ1n) is 3.31. The molecule has 0 unspecified atom stereocenters. The minimum absolute atomic E-state index is 0.0292. The van der Waals surface area contributed by atoms with Gasteiger partial charge in [-0.3, -0.25) is 0 Å². The van der Waals surface area contributed by atoms with E-state index in [4.69, 9.17) is 0 Å². The average molecular weight is 182 g/mol. The quantitative estimate of drug-likeness (QED) is 0.621. The van der Waals surface area contributed by atoms with Gasteiger partial charge in [0, 0.05) is 11.8 Å². The normalized spacial score (nSPS) is 10.8. The van der Waals surface area contributed by atoms with Crippen molar-refractivity contribution in [2.45, 2.75) is 5.75 Å². The van der Waals surface area contributed by atoms with Crippen LogP contribution < -0.4 is 0 Å². The maximum absolute atomic E-state index is 9.36. The second-order valence-electron chi connectivity index (χ2n) is 2.24. The fraction of sp³-hybridized carbons (Fsp3) is 0.167. The topological polar surface area (TPSA) is 63.3 Å². The Hall–Kier alpha value is -1.30. The summed E-state index contributed by atoms with van der Waals surface area (Å²) in [5, 5.41) is 13.1. The van der Waals surface area contributed by atoms with Crippen LogP contribution in [0, 0.1) is 0 Å². The number of aromatic nitrogens is 4. The highest BCUT2D eigenvalue weighted by atomic mass is 32.1. The third-order valence-corrected chi connectivity index (χ3v) is 1.77. The van der Waals surface area contributed by atoms with Crippen molar-refractivity contribution >= 4 is 18.4 Å². The third-order valence-electron chi connectivity index (χ3n) is 1.45. The van der Waals surface area contributed by atoms with Crippen molar-refractivity contribution in [3.8, 4) is 5.88 Å². The molecule has 2 rings (SSSR count). The fourth-order valence-corrected chi connectivity index (χ4v) is 1.09. The molecule has 0 spiro atoms. The maximum atomic E-state index is 9.36. The molecule has 0 aliphatic heterocycles. The molecule has 0 radical (unpaired) electrons. The Morgan fingerprint density at radius 3 is 3.17 bits per heavy atom. The molecule has 2 aromatic rings. The lowest BCUT2D eigenvalue weighted by Gasteiger charge is -1.98. The van der Waals surface area contributed by atoms with Crippen LogP contribution in [0.2, 0.25) is 0 Å². The van der Waals surface area contributed by atoms with Crippen LogP contribution in [-0.2, 0) is 5.75 Å². The Bertz CT molecular complexity index is 413. The van der Waals surface area contributed by atoms with Crippen LogP contribution in [0.3, 0.4) is 0 Å². The zero-order valence-electron chi connectivity index (χ0n) is 6.05. The lowest BCUT2D eigenvalue weighted by atomic mass is 10.4. The smallest absolute Gasteiger partial charge is 0.255 e. The van der Waals surface area contributed by atoms with E-state index in [1.165, 1.54) is 16.9 Å². The molecule has 1 N–H and O–H groups in total. The Morgan fingerprint density at radius 2 is 2.42 bits per heavy atom. The van der Waals surface area contributed by atoms with E-state index < -0.39 is 0 Å². The van der Waals surface area contributed by atoms with E-state index in [0.717, 1.165) is 0 Å². The summed E-state index contributed by atoms with van der Waals surface area (Å²) in [5.41, 5.74) is 0.677. The molecule has 2 heterocycles. The van der Waals surface area contributed by atoms with Crippen LogP contribution in [0.15, 0.2) is 12.4 Å². The van der Waals surface area contributed by atoms with Gasteiger partial charge in [0.2, 0.25) is 5.88 Å². The minimum atomic E-state index is 0.0292. The van der Waals surface area contributed by atoms with Crippen LogP contribution in [-0.4, -0.2) is 24.7 Å². The minimum Gasteiger partial charge on any atom is -0.493 e. The summed E-state index contributed by atoms with van der Waals surface area (Å²) in [7, 11) is 0. The third kappa shape index (κ3) is 1.00. The van der Waals surface area contributed by atoms with Gasteiger partial charge >= 0.3 is 0 Å². The molecule has 0 aliphatic carbocycles. The number of thiol groups is 1. The molecule has 0 saturated heterocycles. The standard InChI is InChI=1S/C6H6N4OS/c11-5-1-4(2-12)9-6-7-3-8-10(5)6/h1,3,11-12H,2H2. The van der Waals surface area contributed by atoms with Gasteiger partial charge in [-0.05, 0) is 0 Å². The van der Waals surface area contributed by atoms with Gasteiger partial charge in [-0.2, -0.15) is 27.2 Å². The summed E-state index contributed by atoms with van der Waals surface area (Å²) in [6, 6.07) is 1.51. The van der Waals surface area contributed by atoms with Crippen molar-refractivity contribution in [3.63, 3.8) is 0 Å². The van der Waals surface area contributed by atoms with E-state index in [1.54, 1.807) is 0 Å². The lowest BCUT2D eigenvalue weighted by Crippen LogP contribution is -1.95. The van der Waals surface area contributed by atoms with Crippen LogP contribution in [0.1, 0.15) is 5.69 Å². The summed E-state index contributed by atoms with van der Waals surface area (Å²) in [6.07, 6.45) is 1.34. The van der Waals surface area contributed by atoms with Gasteiger partial charge in [-0.15, -0.1) is 0 Å². The van der Waals surface area contributed by atoms with Gasteiger partial charge in [0.1, 0.15) is 6.33 Å². The highest BCUT2D eigenvalue weighted by Gasteiger charge is 2.03. The van der Waals surface area contributed by atoms with E-state index in [-0.39, 0.29) is 5.88 Å². The molecule has 6 heteroatoms. The second-order valence-corrected chi connectivity index (χ2v) is 2.55. The van der Waals surface area contributed by atoms with E-state index >= 15 is 0 Å². The molecule has 0 atom stereocenters. The van der Waals surface area contributed by atoms with E-state index in [9.17, 15) is 5.11 Å². The number of nitrogens with zero attached hydrogens (tertiary/aromatic N) is 4. The summed E-state index contributed by atoms with van der Waals surface area (Å²) in [6.45, 7) is 0. The molecule has 0 aliphatic rings. The predicted octanol–water partition coefficient (Wildman–Crippen LogP) is 0.260. The Kier molecular flexibility index (Phi) is 1.61. The number of hydrogen-bond acceptors (Lipinski definition) is 5. The fourth-order valence-electron chi connectivity index (χ4n) is 0.925. The van der Waals surface area contributed by atoms with Crippen LogP contribution >= 0.6 is 12.6 Å². The molecular formula is C6H6N4OS. The highest BCUT2D eigenvalue weighted by molar-refractivity contribution is 7.79. The van der Waals surface area contributed by atoms with Crippen LogP contribution in [0.25, 0.3) is 5.78 Å². The largest absolute Gasteiger partial charge is 0.493 e.